The molecule has 2 amide bonds. The molecular weight excluding hydrogens is 522 g/mol. The number of halogens is 1. The highest BCUT2D eigenvalue weighted by atomic mass is 79.9. The van der Waals surface area contributed by atoms with E-state index in [9.17, 15) is 19.6 Å². The van der Waals surface area contributed by atoms with Gasteiger partial charge in [0.1, 0.15) is 11.7 Å². The van der Waals surface area contributed by atoms with Gasteiger partial charge in [0.25, 0.3) is 0 Å². The van der Waals surface area contributed by atoms with E-state index in [2.05, 4.69) is 32.6 Å². The minimum atomic E-state index is -1.26. The number of nitriles is 1. The lowest BCUT2D eigenvalue weighted by Gasteiger charge is -2.31. The lowest BCUT2D eigenvalue weighted by atomic mass is 9.78. The zero-order valence-electron chi connectivity index (χ0n) is 18.7. The van der Waals surface area contributed by atoms with Crippen LogP contribution in [0.25, 0.3) is 0 Å². The van der Waals surface area contributed by atoms with Crippen LogP contribution in [0.3, 0.4) is 0 Å². The summed E-state index contributed by atoms with van der Waals surface area (Å²) in [6, 6.07) is 14.5. The van der Waals surface area contributed by atoms with E-state index < -0.39 is 23.7 Å². The third kappa shape index (κ3) is 5.43. The van der Waals surface area contributed by atoms with Crippen LogP contribution in [0.2, 0.25) is 0 Å². The summed E-state index contributed by atoms with van der Waals surface area (Å²) < 4.78 is 10.7. The van der Waals surface area contributed by atoms with Gasteiger partial charge >= 0.3 is 5.97 Å². The number of carbonyl (C=O) groups excluding carboxylic acids is 3. The molecule has 0 saturated carbocycles. The van der Waals surface area contributed by atoms with Crippen molar-refractivity contribution in [1.82, 2.24) is 5.32 Å². The second-order valence-electron chi connectivity index (χ2n) is 7.37. The zero-order chi connectivity index (χ0) is 24.8. The highest BCUT2D eigenvalue weighted by Crippen LogP contribution is 2.42. The molecule has 2 atom stereocenters. The van der Waals surface area contributed by atoms with E-state index in [4.69, 9.17) is 9.47 Å². The second-order valence-corrected chi connectivity index (χ2v) is 9.21. The number of anilines is 1. The van der Waals surface area contributed by atoms with Crippen LogP contribution in [0.5, 0.6) is 5.75 Å². The third-order valence-electron chi connectivity index (χ3n) is 5.29. The highest BCUT2D eigenvalue weighted by molar-refractivity contribution is 9.10. The molecule has 34 heavy (non-hydrogen) atoms. The number of benzene rings is 2. The van der Waals surface area contributed by atoms with Crippen LogP contribution < -0.4 is 15.4 Å². The number of para-hydroxylation sites is 1. The number of hydrogen-bond acceptors (Lipinski definition) is 7. The van der Waals surface area contributed by atoms with E-state index in [1.54, 1.807) is 24.3 Å². The molecule has 1 aliphatic rings. The van der Waals surface area contributed by atoms with Crippen LogP contribution in [-0.4, -0.2) is 37.8 Å². The molecule has 0 aliphatic carbocycles. The summed E-state index contributed by atoms with van der Waals surface area (Å²) in [6.07, 6.45) is 0. The summed E-state index contributed by atoms with van der Waals surface area (Å²) in [5.74, 6) is -3.30. The van der Waals surface area contributed by atoms with Gasteiger partial charge in [-0.1, -0.05) is 36.0 Å². The standard InChI is InChI=1S/C24H22BrN3O5S/c1-13-6-4-5-7-17(13)27-19(29)12-34-23-15(11-26)20(21(22(30)28-23)24(31)33-3)14-8-9-18(32-2)16(25)10-14/h4-10,20-21H,12H2,1-3H3,(H,27,29)(H,28,30)/t20-,21-/m1/s1. The van der Waals surface area contributed by atoms with Gasteiger partial charge in [-0.15, -0.1) is 0 Å². The van der Waals surface area contributed by atoms with Gasteiger partial charge in [-0.2, -0.15) is 5.26 Å². The lowest BCUT2D eigenvalue weighted by Crippen LogP contribution is -2.44. The molecular formula is C24H22BrN3O5S. The average Bonchev–Trinajstić information content (AvgIpc) is 2.83. The SMILES string of the molecule is COC(=O)[C@H]1C(=O)NC(SCC(=O)Nc2ccccc2C)=C(C#N)[C@H]1c1ccc(OC)c(Br)c1. The van der Waals surface area contributed by atoms with E-state index in [1.807, 2.05) is 25.1 Å². The van der Waals surface area contributed by atoms with Gasteiger partial charge in [0, 0.05) is 11.6 Å². The first kappa shape index (κ1) is 25.3. The van der Waals surface area contributed by atoms with Crippen molar-refractivity contribution in [2.45, 2.75) is 12.8 Å². The van der Waals surface area contributed by atoms with E-state index >= 15 is 0 Å². The Balaban J connectivity index is 1.94. The maximum Gasteiger partial charge on any atom is 0.319 e. The maximum absolute atomic E-state index is 12.9. The number of thioether (sulfide) groups is 1. The number of aryl methyl sites for hydroxylation is 1. The fraction of sp³-hybridized carbons (Fsp3) is 0.250. The molecule has 3 rings (SSSR count). The second kappa shape index (κ2) is 11.2. The molecule has 10 heteroatoms. The van der Waals surface area contributed by atoms with Gasteiger partial charge in [0.15, 0.2) is 0 Å². The number of allylic oxidation sites excluding steroid dienone is 1. The molecule has 2 aromatic carbocycles. The number of rotatable bonds is 7. The molecule has 0 spiro atoms. The maximum atomic E-state index is 12.9. The van der Waals surface area contributed by atoms with Gasteiger partial charge in [0.05, 0.1) is 41.1 Å². The first-order chi connectivity index (χ1) is 16.3. The summed E-state index contributed by atoms with van der Waals surface area (Å²) >= 11 is 4.43. The Labute approximate surface area is 209 Å². The number of carbonyl (C=O) groups is 3. The largest absolute Gasteiger partial charge is 0.496 e. The summed E-state index contributed by atoms with van der Waals surface area (Å²) in [5, 5.41) is 15.7. The highest BCUT2D eigenvalue weighted by Gasteiger charge is 2.44. The number of nitrogens with zero attached hydrogens (tertiary/aromatic N) is 1. The molecule has 1 heterocycles. The van der Waals surface area contributed by atoms with E-state index in [0.717, 1.165) is 17.3 Å². The van der Waals surface area contributed by atoms with Crippen LogP contribution in [0.15, 0.2) is 57.5 Å². The van der Waals surface area contributed by atoms with Crippen molar-refractivity contribution in [2.75, 3.05) is 25.3 Å². The van der Waals surface area contributed by atoms with Crippen LogP contribution in [-0.2, 0) is 19.1 Å². The van der Waals surface area contributed by atoms with Crippen molar-refractivity contribution in [2.24, 2.45) is 5.92 Å². The Kier molecular flexibility index (Phi) is 8.36. The summed E-state index contributed by atoms with van der Waals surface area (Å²) in [4.78, 5) is 38.0. The van der Waals surface area contributed by atoms with Crippen molar-refractivity contribution in [3.8, 4) is 11.8 Å². The van der Waals surface area contributed by atoms with Crippen LogP contribution in [0.1, 0.15) is 17.0 Å². The Hall–Kier alpha value is -3.29. The molecule has 8 nitrogen and oxygen atoms in total. The predicted molar refractivity (Wildman–Crippen MR) is 132 cm³/mol. The number of amides is 2. The number of nitrogens with one attached hydrogen (secondary N) is 2. The fourth-order valence-corrected chi connectivity index (χ4v) is 5.00. The molecule has 0 fully saturated rings. The van der Waals surface area contributed by atoms with Crippen LogP contribution in [0, 0.1) is 24.2 Å². The topological polar surface area (TPSA) is 118 Å². The van der Waals surface area contributed by atoms with E-state index in [1.165, 1.54) is 14.2 Å². The molecule has 0 aromatic heterocycles. The quantitative estimate of drug-likeness (QED) is 0.402. The monoisotopic (exact) mass is 543 g/mol. The summed E-state index contributed by atoms with van der Waals surface area (Å²) in [5.41, 5.74) is 2.31. The van der Waals surface area contributed by atoms with Crippen LogP contribution >= 0.6 is 27.7 Å². The first-order valence-electron chi connectivity index (χ1n) is 10.1. The molecule has 0 radical (unpaired) electrons. The van der Waals surface area contributed by atoms with Crippen molar-refractivity contribution in [3.63, 3.8) is 0 Å². The Bertz CT molecular complexity index is 1210. The van der Waals surface area contributed by atoms with Crippen LogP contribution in [0.4, 0.5) is 5.69 Å². The average molecular weight is 544 g/mol. The number of methoxy groups -OCH3 is 2. The van der Waals surface area contributed by atoms with Gasteiger partial charge < -0.3 is 20.1 Å². The summed E-state index contributed by atoms with van der Waals surface area (Å²) in [7, 11) is 2.70. The van der Waals surface area contributed by atoms with Gasteiger partial charge in [-0.05, 0) is 52.2 Å². The predicted octanol–water partition coefficient (Wildman–Crippen LogP) is 3.88. The molecule has 2 aromatic rings. The minimum absolute atomic E-state index is 0.0446. The smallest absolute Gasteiger partial charge is 0.319 e. The number of ether oxygens (including phenoxy) is 2. The number of hydrogen-bond donors (Lipinski definition) is 2. The Morgan fingerprint density at radius 1 is 1.24 bits per heavy atom. The summed E-state index contributed by atoms with van der Waals surface area (Å²) in [6.45, 7) is 1.88. The molecule has 176 valence electrons. The third-order valence-corrected chi connectivity index (χ3v) is 6.92. The number of esters is 1. The van der Waals surface area contributed by atoms with E-state index in [0.29, 0.717) is 21.5 Å². The fourth-order valence-electron chi connectivity index (χ4n) is 3.59. The molecule has 0 bridgehead atoms. The molecule has 1 aliphatic heterocycles. The van der Waals surface area contributed by atoms with Crippen molar-refractivity contribution >= 4 is 51.2 Å². The van der Waals surface area contributed by atoms with Crippen molar-refractivity contribution in [1.29, 1.82) is 5.26 Å². The normalized spacial score (nSPS) is 17.4. The van der Waals surface area contributed by atoms with Gasteiger partial charge in [0.2, 0.25) is 11.8 Å². The molecule has 0 saturated heterocycles. The van der Waals surface area contributed by atoms with Gasteiger partial charge in [-0.3, -0.25) is 14.4 Å². The van der Waals surface area contributed by atoms with E-state index in [-0.39, 0.29) is 22.3 Å². The van der Waals surface area contributed by atoms with Crippen molar-refractivity contribution in [3.05, 3.63) is 68.7 Å². The Morgan fingerprint density at radius 3 is 2.59 bits per heavy atom. The Morgan fingerprint density at radius 2 is 1.97 bits per heavy atom. The molecule has 0 unspecified atom stereocenters. The zero-order valence-corrected chi connectivity index (χ0v) is 21.1. The van der Waals surface area contributed by atoms with Gasteiger partial charge in [-0.25, -0.2) is 0 Å². The van der Waals surface area contributed by atoms with Crippen molar-refractivity contribution < 1.29 is 23.9 Å². The first-order valence-corrected chi connectivity index (χ1v) is 11.9. The molecule has 2 N–H and O–H groups in total. The minimum Gasteiger partial charge on any atom is -0.496 e. The lowest BCUT2D eigenvalue weighted by molar-refractivity contribution is -0.150.